The topological polar surface area (TPSA) is 15.6 Å². The van der Waals surface area contributed by atoms with E-state index < -0.39 is 0 Å². The lowest BCUT2D eigenvalue weighted by molar-refractivity contribution is 0.410. The Labute approximate surface area is 43.1 Å². The zero-order chi connectivity index (χ0) is 5.28. The molecule has 38 valence electrons. The van der Waals surface area contributed by atoms with Crippen molar-refractivity contribution in [3.05, 3.63) is 12.2 Å². The number of likely N-dealkylation sites (N-methyl/N-ethyl adjacent to an activating group) is 1. The summed E-state index contributed by atoms with van der Waals surface area (Å²) in [5, 5.41) is 5.78. The number of nitrogens with zero attached hydrogens (tertiary/aromatic N) is 2. The zero-order valence-electron chi connectivity index (χ0n) is 4.39. The van der Waals surface area contributed by atoms with Crippen LogP contribution < -0.4 is 0 Å². The molecular formula is C5H8N2. The maximum atomic E-state index is 3.93. The largest absolute Gasteiger partial charge is 0.296 e. The van der Waals surface area contributed by atoms with Gasteiger partial charge in [-0.05, 0) is 5.57 Å². The minimum Gasteiger partial charge on any atom is -0.296 e. The van der Waals surface area contributed by atoms with Crippen LogP contribution in [-0.4, -0.2) is 24.8 Å². The van der Waals surface area contributed by atoms with E-state index >= 15 is 0 Å². The molecule has 0 saturated carbocycles. The molecule has 1 aliphatic rings. The van der Waals surface area contributed by atoms with Crippen LogP contribution in [0.4, 0.5) is 0 Å². The molecule has 7 heavy (non-hydrogen) atoms. The summed E-state index contributed by atoms with van der Waals surface area (Å²) in [6.07, 6.45) is 1.78. The fourth-order valence-corrected chi connectivity index (χ4v) is 0.556. The molecule has 0 atom stereocenters. The Balaban J connectivity index is 2.58. The highest BCUT2D eigenvalue weighted by Gasteiger charge is 2.00. The van der Waals surface area contributed by atoms with E-state index in [4.69, 9.17) is 0 Å². The molecule has 2 nitrogen and oxygen atoms in total. The molecule has 0 aromatic rings. The molecule has 0 N–H and O–H groups in total. The lowest BCUT2D eigenvalue weighted by Crippen LogP contribution is -2.05. The third kappa shape index (κ3) is 0.796. The molecule has 0 aromatic heterocycles. The van der Waals surface area contributed by atoms with Gasteiger partial charge >= 0.3 is 0 Å². The first-order valence-corrected chi connectivity index (χ1v) is 2.22. The van der Waals surface area contributed by atoms with Crippen LogP contribution in [0.15, 0.2) is 17.3 Å². The van der Waals surface area contributed by atoms with Crippen molar-refractivity contribution in [2.45, 2.75) is 0 Å². The van der Waals surface area contributed by atoms with E-state index in [1.165, 1.54) is 0 Å². The summed E-state index contributed by atoms with van der Waals surface area (Å²) in [6, 6.07) is 0. The predicted octanol–water partition coefficient (Wildman–Crippen LogP) is 0.474. The molecule has 1 heterocycles. The molecule has 0 bridgehead atoms. The Morgan fingerprint density at radius 2 is 2.71 bits per heavy atom. The number of hydrazone groups is 1. The van der Waals surface area contributed by atoms with Crippen LogP contribution in [0.1, 0.15) is 0 Å². The van der Waals surface area contributed by atoms with Gasteiger partial charge in [-0.2, -0.15) is 5.10 Å². The van der Waals surface area contributed by atoms with Crippen molar-refractivity contribution in [2.24, 2.45) is 5.10 Å². The van der Waals surface area contributed by atoms with Crippen molar-refractivity contribution < 1.29 is 0 Å². The smallest absolute Gasteiger partial charge is 0.0617 e. The molecule has 1 rings (SSSR count). The fraction of sp³-hybridized carbons (Fsp3) is 0.400. The van der Waals surface area contributed by atoms with Gasteiger partial charge in [0.2, 0.25) is 0 Å². The molecule has 0 saturated heterocycles. The molecule has 0 radical (unpaired) electrons. The molecule has 0 aromatic carbocycles. The van der Waals surface area contributed by atoms with Gasteiger partial charge in [0, 0.05) is 7.05 Å². The molecule has 0 aliphatic carbocycles. The summed E-state index contributed by atoms with van der Waals surface area (Å²) < 4.78 is 0. The minimum absolute atomic E-state index is 0.889. The molecular weight excluding hydrogens is 88.1 g/mol. The van der Waals surface area contributed by atoms with Gasteiger partial charge in [-0.3, -0.25) is 5.01 Å². The van der Waals surface area contributed by atoms with E-state index in [2.05, 4.69) is 11.7 Å². The number of hydrogen-bond acceptors (Lipinski definition) is 2. The van der Waals surface area contributed by atoms with Gasteiger partial charge in [-0.1, -0.05) is 6.58 Å². The van der Waals surface area contributed by atoms with Gasteiger partial charge < -0.3 is 0 Å². The van der Waals surface area contributed by atoms with Crippen LogP contribution in [0.2, 0.25) is 0 Å². The normalized spacial score (nSPS) is 19.0. The standard InChI is InChI=1S/C5H8N2/c1-5-3-6-7(2)4-5/h3H,1,4H2,2H3. The van der Waals surface area contributed by atoms with Crippen LogP contribution in [0.3, 0.4) is 0 Å². The third-order valence-corrected chi connectivity index (χ3v) is 0.869. The van der Waals surface area contributed by atoms with Crippen LogP contribution in [0.5, 0.6) is 0 Å². The van der Waals surface area contributed by atoms with Gasteiger partial charge in [-0.15, -0.1) is 0 Å². The van der Waals surface area contributed by atoms with E-state index in [-0.39, 0.29) is 0 Å². The highest BCUT2D eigenvalue weighted by atomic mass is 15.4. The maximum absolute atomic E-state index is 3.93. The van der Waals surface area contributed by atoms with Gasteiger partial charge in [0.05, 0.1) is 12.8 Å². The lowest BCUT2D eigenvalue weighted by Gasteiger charge is -2.01. The lowest BCUT2D eigenvalue weighted by atomic mass is 10.3. The second-order valence-electron chi connectivity index (χ2n) is 1.72. The summed E-state index contributed by atoms with van der Waals surface area (Å²) in [5.74, 6) is 0. The molecule has 2 heteroatoms. The van der Waals surface area contributed by atoms with Gasteiger partial charge in [0.15, 0.2) is 0 Å². The van der Waals surface area contributed by atoms with Gasteiger partial charge in [0.25, 0.3) is 0 Å². The average molecular weight is 96.1 g/mol. The first kappa shape index (κ1) is 4.37. The summed E-state index contributed by atoms with van der Waals surface area (Å²) in [6.45, 7) is 4.60. The number of hydrogen-bond donors (Lipinski definition) is 0. The Kier molecular flexibility index (Phi) is 0.855. The Hall–Kier alpha value is -0.790. The van der Waals surface area contributed by atoms with E-state index in [9.17, 15) is 0 Å². The van der Waals surface area contributed by atoms with E-state index in [0.717, 1.165) is 12.1 Å². The van der Waals surface area contributed by atoms with E-state index in [0.29, 0.717) is 0 Å². The maximum Gasteiger partial charge on any atom is 0.0617 e. The molecule has 0 spiro atoms. The Morgan fingerprint density at radius 1 is 2.00 bits per heavy atom. The van der Waals surface area contributed by atoms with Crippen LogP contribution in [0.25, 0.3) is 0 Å². The first-order valence-electron chi connectivity index (χ1n) is 2.22. The third-order valence-electron chi connectivity index (χ3n) is 0.869. The van der Waals surface area contributed by atoms with Crippen LogP contribution in [0, 0.1) is 0 Å². The highest BCUT2D eigenvalue weighted by Crippen LogP contribution is 1.98. The monoisotopic (exact) mass is 96.1 g/mol. The van der Waals surface area contributed by atoms with Crippen molar-refractivity contribution >= 4 is 6.21 Å². The first-order chi connectivity index (χ1) is 3.29. The average Bonchev–Trinajstić information content (AvgIpc) is 1.87. The number of rotatable bonds is 0. The summed E-state index contributed by atoms with van der Waals surface area (Å²) in [5.41, 5.74) is 1.09. The molecule has 0 fully saturated rings. The fourth-order valence-electron chi connectivity index (χ4n) is 0.556. The molecule has 0 amide bonds. The Morgan fingerprint density at radius 3 is 2.86 bits per heavy atom. The summed E-state index contributed by atoms with van der Waals surface area (Å²) in [4.78, 5) is 0. The highest BCUT2D eigenvalue weighted by molar-refractivity contribution is 5.79. The van der Waals surface area contributed by atoms with Crippen molar-refractivity contribution in [1.82, 2.24) is 5.01 Å². The van der Waals surface area contributed by atoms with E-state index in [1.807, 2.05) is 12.1 Å². The molecule has 0 unspecified atom stereocenters. The zero-order valence-corrected chi connectivity index (χ0v) is 4.39. The summed E-state index contributed by atoms with van der Waals surface area (Å²) >= 11 is 0. The SMILES string of the molecule is C=C1C=NN(C)C1. The van der Waals surface area contributed by atoms with Crippen molar-refractivity contribution in [2.75, 3.05) is 13.6 Å². The van der Waals surface area contributed by atoms with Crippen molar-refractivity contribution in [3.8, 4) is 0 Å². The minimum atomic E-state index is 0.889. The molecule has 1 aliphatic heterocycles. The predicted molar refractivity (Wildman–Crippen MR) is 30.3 cm³/mol. The van der Waals surface area contributed by atoms with E-state index in [1.54, 1.807) is 6.21 Å². The summed E-state index contributed by atoms with van der Waals surface area (Å²) in [7, 11) is 1.93. The van der Waals surface area contributed by atoms with Crippen molar-refractivity contribution in [1.29, 1.82) is 0 Å². The van der Waals surface area contributed by atoms with Crippen molar-refractivity contribution in [3.63, 3.8) is 0 Å². The van der Waals surface area contributed by atoms with Crippen LogP contribution >= 0.6 is 0 Å². The Bertz CT molecular complexity index is 115. The van der Waals surface area contributed by atoms with Gasteiger partial charge in [-0.25, -0.2) is 0 Å². The van der Waals surface area contributed by atoms with Gasteiger partial charge in [0.1, 0.15) is 0 Å². The second-order valence-corrected chi connectivity index (χ2v) is 1.72. The quantitative estimate of drug-likeness (QED) is 0.428. The van der Waals surface area contributed by atoms with Crippen LogP contribution in [-0.2, 0) is 0 Å². The second kappa shape index (κ2) is 1.37.